The van der Waals surface area contributed by atoms with E-state index in [1.54, 1.807) is 29.0 Å². The van der Waals surface area contributed by atoms with Crippen LogP contribution in [0.2, 0.25) is 0 Å². The number of rotatable bonds is 18. The van der Waals surface area contributed by atoms with Gasteiger partial charge in [0.25, 0.3) is 5.91 Å². The molecule has 30 heavy (non-hydrogen) atoms. The van der Waals surface area contributed by atoms with E-state index in [1.807, 2.05) is 0 Å². The minimum atomic E-state index is -0.110. The van der Waals surface area contributed by atoms with Crippen LogP contribution >= 0.6 is 0 Å². The number of nitrogens with zero attached hydrogens (tertiary/aromatic N) is 3. The molecular weight excluding hydrogens is 372 g/mol. The maximum absolute atomic E-state index is 12.2. The molecule has 0 saturated carbocycles. The highest BCUT2D eigenvalue weighted by molar-refractivity contribution is 5.93. The zero-order chi connectivity index (χ0) is 21.3. The molecule has 0 unspecified atom stereocenters. The molecule has 0 bridgehead atoms. The van der Waals surface area contributed by atoms with Crippen LogP contribution in [0.15, 0.2) is 24.5 Å². The predicted octanol–water partition coefficient (Wildman–Crippen LogP) is 6.72. The van der Waals surface area contributed by atoms with Crippen LogP contribution < -0.4 is 5.32 Å². The second kappa shape index (κ2) is 15.9. The van der Waals surface area contributed by atoms with E-state index in [0.29, 0.717) is 11.3 Å². The summed E-state index contributed by atoms with van der Waals surface area (Å²) < 4.78 is 1.63. The van der Waals surface area contributed by atoms with E-state index in [0.717, 1.165) is 13.0 Å². The molecule has 2 heterocycles. The summed E-state index contributed by atoms with van der Waals surface area (Å²) >= 11 is 0. The molecule has 168 valence electrons. The second-order valence-corrected chi connectivity index (χ2v) is 8.51. The fourth-order valence-electron chi connectivity index (χ4n) is 3.91. The Labute approximate surface area is 183 Å². The Balaban J connectivity index is 1.34. The average molecular weight is 415 g/mol. The molecule has 0 aliphatic carbocycles. The predicted molar refractivity (Wildman–Crippen MR) is 125 cm³/mol. The Hall–Kier alpha value is -1.91. The van der Waals surface area contributed by atoms with Crippen molar-refractivity contribution >= 4 is 11.6 Å². The van der Waals surface area contributed by atoms with E-state index in [9.17, 15) is 4.79 Å². The van der Waals surface area contributed by atoms with Crippen molar-refractivity contribution in [2.24, 2.45) is 0 Å². The zero-order valence-electron chi connectivity index (χ0n) is 19.1. The highest BCUT2D eigenvalue weighted by atomic mass is 16.1. The van der Waals surface area contributed by atoms with Crippen LogP contribution in [0.25, 0.3) is 5.65 Å². The second-order valence-electron chi connectivity index (χ2n) is 8.51. The third-order valence-electron chi connectivity index (χ3n) is 5.78. The van der Waals surface area contributed by atoms with Crippen molar-refractivity contribution in [1.82, 2.24) is 19.9 Å². The third kappa shape index (κ3) is 10.2. The van der Waals surface area contributed by atoms with Gasteiger partial charge in [0.2, 0.25) is 0 Å². The van der Waals surface area contributed by atoms with Gasteiger partial charge in [-0.2, -0.15) is 5.10 Å². The Morgan fingerprint density at radius 3 is 1.90 bits per heavy atom. The van der Waals surface area contributed by atoms with Gasteiger partial charge in [0, 0.05) is 25.0 Å². The summed E-state index contributed by atoms with van der Waals surface area (Å²) in [6.07, 6.45) is 25.3. The number of nitrogens with one attached hydrogen (secondary N) is 1. The first-order valence-corrected chi connectivity index (χ1v) is 12.4. The van der Waals surface area contributed by atoms with Gasteiger partial charge in [-0.25, -0.2) is 9.50 Å². The number of aromatic nitrogens is 3. The Morgan fingerprint density at radius 1 is 0.833 bits per heavy atom. The number of unbranched alkanes of at least 4 members (excludes halogenated alkanes) is 15. The smallest absolute Gasteiger partial charge is 0.271 e. The van der Waals surface area contributed by atoms with Crippen LogP contribution in [0, 0.1) is 0 Å². The first kappa shape index (κ1) is 24.4. The van der Waals surface area contributed by atoms with Gasteiger partial charge in [0.15, 0.2) is 11.3 Å². The minimum Gasteiger partial charge on any atom is -0.351 e. The number of hydrogen-bond donors (Lipinski definition) is 1. The van der Waals surface area contributed by atoms with Crippen molar-refractivity contribution in [2.45, 2.75) is 110 Å². The van der Waals surface area contributed by atoms with Crippen molar-refractivity contribution in [3.8, 4) is 0 Å². The molecule has 2 aromatic heterocycles. The summed E-state index contributed by atoms with van der Waals surface area (Å²) in [5, 5.41) is 7.22. The van der Waals surface area contributed by atoms with Gasteiger partial charge in [0.1, 0.15) is 0 Å². The number of amides is 1. The van der Waals surface area contributed by atoms with Crippen LogP contribution in [-0.2, 0) is 0 Å². The van der Waals surface area contributed by atoms with E-state index >= 15 is 0 Å². The van der Waals surface area contributed by atoms with Crippen molar-refractivity contribution in [1.29, 1.82) is 0 Å². The molecule has 0 aliphatic rings. The SMILES string of the molecule is CCCCCCCCCCCCCCCCCCNC(=O)c1cc2ncccn2n1. The molecular formula is C25H42N4O. The van der Waals surface area contributed by atoms with E-state index in [1.165, 1.54) is 96.3 Å². The number of carbonyl (C=O) groups excluding carboxylic acids is 1. The van der Waals surface area contributed by atoms with Gasteiger partial charge in [-0.15, -0.1) is 0 Å². The molecule has 0 atom stereocenters. The Bertz CT molecular complexity index is 664. The van der Waals surface area contributed by atoms with E-state index in [2.05, 4.69) is 22.3 Å². The quantitative estimate of drug-likeness (QED) is 0.275. The maximum atomic E-state index is 12.2. The lowest BCUT2D eigenvalue weighted by atomic mass is 10.0. The fraction of sp³-hybridized carbons (Fsp3) is 0.720. The number of carbonyl (C=O) groups is 1. The van der Waals surface area contributed by atoms with E-state index in [-0.39, 0.29) is 5.91 Å². The lowest BCUT2D eigenvalue weighted by molar-refractivity contribution is 0.0947. The normalized spacial score (nSPS) is 11.2. The van der Waals surface area contributed by atoms with Gasteiger partial charge in [-0.05, 0) is 12.5 Å². The lowest BCUT2D eigenvalue weighted by Crippen LogP contribution is -2.24. The minimum absolute atomic E-state index is 0.110. The van der Waals surface area contributed by atoms with Gasteiger partial charge in [-0.1, -0.05) is 103 Å². The number of fused-ring (bicyclic) bond motifs is 1. The number of hydrogen-bond acceptors (Lipinski definition) is 3. The maximum Gasteiger partial charge on any atom is 0.271 e. The molecule has 2 rings (SSSR count). The first-order valence-electron chi connectivity index (χ1n) is 12.4. The highest BCUT2D eigenvalue weighted by Crippen LogP contribution is 2.13. The van der Waals surface area contributed by atoms with Gasteiger partial charge in [0.05, 0.1) is 0 Å². The topological polar surface area (TPSA) is 59.3 Å². The van der Waals surface area contributed by atoms with Crippen molar-refractivity contribution in [2.75, 3.05) is 6.54 Å². The molecule has 0 aliphatic heterocycles. The van der Waals surface area contributed by atoms with Crippen LogP contribution in [0.1, 0.15) is 120 Å². The summed E-state index contributed by atoms with van der Waals surface area (Å²) in [6.45, 7) is 3.00. The van der Waals surface area contributed by atoms with Crippen molar-refractivity contribution < 1.29 is 4.79 Å². The third-order valence-corrected chi connectivity index (χ3v) is 5.78. The fourth-order valence-corrected chi connectivity index (χ4v) is 3.91. The molecule has 2 aromatic rings. The van der Waals surface area contributed by atoms with Crippen LogP contribution in [0.3, 0.4) is 0 Å². The highest BCUT2D eigenvalue weighted by Gasteiger charge is 2.10. The molecule has 0 radical (unpaired) electrons. The average Bonchev–Trinajstić information content (AvgIpc) is 3.20. The summed E-state index contributed by atoms with van der Waals surface area (Å²) in [5.41, 5.74) is 1.13. The largest absolute Gasteiger partial charge is 0.351 e. The Kier molecular flexibility index (Phi) is 12.9. The van der Waals surface area contributed by atoms with Crippen LogP contribution in [0.5, 0.6) is 0 Å². The van der Waals surface area contributed by atoms with Crippen LogP contribution in [-0.4, -0.2) is 27.0 Å². The summed E-state index contributed by atoms with van der Waals surface area (Å²) in [5.74, 6) is -0.110. The molecule has 0 fully saturated rings. The lowest BCUT2D eigenvalue weighted by Gasteiger charge is -2.04. The molecule has 1 amide bonds. The Morgan fingerprint density at radius 2 is 1.37 bits per heavy atom. The van der Waals surface area contributed by atoms with Gasteiger partial charge >= 0.3 is 0 Å². The van der Waals surface area contributed by atoms with Crippen molar-refractivity contribution in [3.05, 3.63) is 30.2 Å². The molecule has 5 nitrogen and oxygen atoms in total. The molecule has 5 heteroatoms. The molecule has 1 N–H and O–H groups in total. The van der Waals surface area contributed by atoms with Gasteiger partial charge < -0.3 is 5.32 Å². The van der Waals surface area contributed by atoms with Crippen LogP contribution in [0.4, 0.5) is 0 Å². The summed E-state index contributed by atoms with van der Waals surface area (Å²) in [6, 6.07) is 3.53. The molecule has 0 aromatic carbocycles. The molecule has 0 spiro atoms. The zero-order valence-corrected chi connectivity index (χ0v) is 19.1. The van der Waals surface area contributed by atoms with E-state index in [4.69, 9.17) is 0 Å². The van der Waals surface area contributed by atoms with E-state index < -0.39 is 0 Å². The monoisotopic (exact) mass is 414 g/mol. The van der Waals surface area contributed by atoms with Gasteiger partial charge in [-0.3, -0.25) is 4.79 Å². The first-order chi connectivity index (χ1) is 14.8. The summed E-state index contributed by atoms with van der Waals surface area (Å²) in [4.78, 5) is 16.3. The summed E-state index contributed by atoms with van der Waals surface area (Å²) in [7, 11) is 0. The standard InChI is InChI=1S/C25H42N4O/c1-2-3-4-5-6-7-8-9-10-11-12-13-14-15-16-17-19-27-25(30)23-22-24-26-20-18-21-29(24)28-23/h18,20-22H,2-17,19H2,1H3,(H,27,30). The molecule has 0 saturated heterocycles. The van der Waals surface area contributed by atoms with Crippen molar-refractivity contribution in [3.63, 3.8) is 0 Å².